The van der Waals surface area contributed by atoms with Crippen LogP contribution in [0.5, 0.6) is 0 Å². The molecule has 16 heavy (non-hydrogen) atoms. The largest absolute Gasteiger partial charge is 0.294 e. The highest BCUT2D eigenvalue weighted by atomic mass is 35.5. The molecule has 0 unspecified atom stereocenters. The zero-order chi connectivity index (χ0) is 11.5. The van der Waals surface area contributed by atoms with Crippen LogP contribution in [0.2, 0.25) is 10.0 Å². The number of hydrogen-bond donors (Lipinski definition) is 0. The van der Waals surface area contributed by atoms with Gasteiger partial charge in [-0.1, -0.05) is 29.3 Å². The highest BCUT2D eigenvalue weighted by Gasteiger charge is 2.12. The monoisotopic (exact) mass is 270 g/mol. The van der Waals surface area contributed by atoms with E-state index in [0.29, 0.717) is 22.0 Å². The van der Waals surface area contributed by atoms with Gasteiger partial charge in [0.1, 0.15) is 0 Å². The molecular weight excluding hydrogens is 263 g/mol. The van der Waals surface area contributed by atoms with Crippen molar-refractivity contribution in [3.8, 4) is 0 Å². The molecule has 0 fully saturated rings. The average molecular weight is 271 g/mol. The van der Waals surface area contributed by atoms with Gasteiger partial charge in [-0.2, -0.15) is 0 Å². The van der Waals surface area contributed by atoms with Gasteiger partial charge >= 0.3 is 0 Å². The lowest BCUT2D eigenvalue weighted by Crippen LogP contribution is -2.03. The van der Waals surface area contributed by atoms with Crippen molar-refractivity contribution in [2.75, 3.05) is 0 Å². The third-order valence-electron chi connectivity index (χ3n) is 2.14. The molecule has 0 aliphatic carbocycles. The van der Waals surface area contributed by atoms with E-state index in [4.69, 9.17) is 23.2 Å². The number of carbonyl (C=O) groups excluding carboxylic acids is 1. The molecule has 0 amide bonds. The van der Waals surface area contributed by atoms with Crippen LogP contribution >= 0.6 is 34.5 Å². The Bertz CT molecular complexity index is 506. The molecule has 4 heteroatoms. The summed E-state index contributed by atoms with van der Waals surface area (Å²) < 4.78 is 0. The number of halogens is 2. The Hall–Kier alpha value is -0.830. The molecule has 1 aromatic heterocycles. The first-order valence-corrected chi connectivity index (χ1v) is 6.31. The number of ketones is 1. The zero-order valence-electron chi connectivity index (χ0n) is 8.24. The van der Waals surface area contributed by atoms with Crippen LogP contribution in [0.3, 0.4) is 0 Å². The predicted molar refractivity (Wildman–Crippen MR) is 68.8 cm³/mol. The number of rotatable bonds is 3. The van der Waals surface area contributed by atoms with Crippen molar-refractivity contribution in [3.05, 3.63) is 56.2 Å². The van der Waals surface area contributed by atoms with E-state index in [1.165, 1.54) is 0 Å². The fourth-order valence-corrected chi connectivity index (χ4v) is 2.48. The van der Waals surface area contributed by atoms with Crippen LogP contribution in [0.15, 0.2) is 35.7 Å². The molecule has 82 valence electrons. The van der Waals surface area contributed by atoms with Crippen molar-refractivity contribution in [3.63, 3.8) is 0 Å². The van der Waals surface area contributed by atoms with Gasteiger partial charge in [-0.3, -0.25) is 4.79 Å². The molecular formula is C12H8Cl2OS. The van der Waals surface area contributed by atoms with E-state index in [1.54, 1.807) is 29.5 Å². The summed E-state index contributed by atoms with van der Waals surface area (Å²) in [6, 6.07) is 8.78. The van der Waals surface area contributed by atoms with E-state index in [-0.39, 0.29) is 5.78 Å². The van der Waals surface area contributed by atoms with Crippen molar-refractivity contribution in [1.82, 2.24) is 0 Å². The normalized spacial score (nSPS) is 10.4. The quantitative estimate of drug-likeness (QED) is 0.752. The molecule has 2 rings (SSSR count). The Morgan fingerprint density at radius 2 is 2.06 bits per heavy atom. The second-order valence-corrected chi connectivity index (χ2v) is 5.18. The number of thiophene rings is 1. The Morgan fingerprint density at radius 3 is 2.75 bits per heavy atom. The summed E-state index contributed by atoms with van der Waals surface area (Å²) in [6.45, 7) is 0. The maximum atomic E-state index is 11.9. The second kappa shape index (κ2) is 5.00. The fraction of sp³-hybridized carbons (Fsp3) is 0.0833. The lowest BCUT2D eigenvalue weighted by atomic mass is 10.1. The number of Topliss-reactive ketones (excluding diaryl/α,β-unsaturated/α-hetero) is 1. The Kier molecular flexibility index (Phi) is 3.64. The first kappa shape index (κ1) is 11.6. The third-order valence-corrected chi connectivity index (χ3v) is 3.58. The second-order valence-electron chi connectivity index (χ2n) is 3.30. The van der Waals surface area contributed by atoms with Crippen molar-refractivity contribution in [1.29, 1.82) is 0 Å². The van der Waals surface area contributed by atoms with Crippen LogP contribution in [0, 0.1) is 0 Å². The Morgan fingerprint density at radius 1 is 1.25 bits per heavy atom. The van der Waals surface area contributed by atoms with E-state index < -0.39 is 0 Å². The van der Waals surface area contributed by atoms with Gasteiger partial charge in [-0.15, -0.1) is 11.3 Å². The highest BCUT2D eigenvalue weighted by molar-refractivity contribution is 7.10. The van der Waals surface area contributed by atoms with Crippen molar-refractivity contribution < 1.29 is 4.79 Å². The molecule has 0 bridgehead atoms. The SMILES string of the molecule is O=C(Cc1cccs1)c1cc(Cl)ccc1Cl. The van der Waals surface area contributed by atoms with Crippen LogP contribution in [0.1, 0.15) is 15.2 Å². The minimum Gasteiger partial charge on any atom is -0.294 e. The molecule has 0 saturated carbocycles. The van der Waals surface area contributed by atoms with Gasteiger partial charge < -0.3 is 0 Å². The summed E-state index contributed by atoms with van der Waals surface area (Å²) in [6.07, 6.45) is 0.373. The van der Waals surface area contributed by atoms with Crippen LogP contribution in [0.25, 0.3) is 0 Å². The molecule has 0 aliphatic heterocycles. The summed E-state index contributed by atoms with van der Waals surface area (Å²) in [5.74, 6) is -0.00468. The molecule has 2 aromatic rings. The molecule has 0 atom stereocenters. The maximum absolute atomic E-state index is 11.9. The van der Waals surface area contributed by atoms with Gasteiger partial charge in [0, 0.05) is 21.9 Å². The van der Waals surface area contributed by atoms with Gasteiger partial charge in [-0.25, -0.2) is 0 Å². The number of benzene rings is 1. The van der Waals surface area contributed by atoms with Gasteiger partial charge in [-0.05, 0) is 29.6 Å². The molecule has 1 aromatic carbocycles. The molecule has 0 aliphatic rings. The smallest absolute Gasteiger partial charge is 0.169 e. The molecule has 1 heterocycles. The van der Waals surface area contributed by atoms with E-state index in [0.717, 1.165) is 4.88 Å². The van der Waals surface area contributed by atoms with Crippen molar-refractivity contribution >= 4 is 40.3 Å². The number of carbonyl (C=O) groups is 1. The Balaban J connectivity index is 2.24. The van der Waals surface area contributed by atoms with Gasteiger partial charge in [0.15, 0.2) is 5.78 Å². The van der Waals surface area contributed by atoms with E-state index in [9.17, 15) is 4.79 Å². The molecule has 0 saturated heterocycles. The maximum Gasteiger partial charge on any atom is 0.169 e. The minimum atomic E-state index is -0.00468. The lowest BCUT2D eigenvalue weighted by molar-refractivity contribution is 0.0994. The topological polar surface area (TPSA) is 17.1 Å². The third kappa shape index (κ3) is 2.64. The van der Waals surface area contributed by atoms with Crippen LogP contribution < -0.4 is 0 Å². The van der Waals surface area contributed by atoms with E-state index >= 15 is 0 Å². The van der Waals surface area contributed by atoms with E-state index in [1.807, 2.05) is 17.5 Å². The average Bonchev–Trinajstić information content (AvgIpc) is 2.74. The molecule has 1 nitrogen and oxygen atoms in total. The molecule has 0 N–H and O–H groups in total. The zero-order valence-corrected chi connectivity index (χ0v) is 10.6. The molecule has 0 radical (unpaired) electrons. The standard InChI is InChI=1S/C12H8Cl2OS/c13-8-3-4-11(14)10(6-8)12(15)7-9-2-1-5-16-9/h1-6H,7H2. The van der Waals surface area contributed by atoms with Crippen LogP contribution in [-0.2, 0) is 6.42 Å². The predicted octanol–water partition coefficient (Wildman–Crippen LogP) is 4.48. The molecule has 0 spiro atoms. The van der Waals surface area contributed by atoms with Gasteiger partial charge in [0.2, 0.25) is 0 Å². The van der Waals surface area contributed by atoms with E-state index in [2.05, 4.69) is 0 Å². The van der Waals surface area contributed by atoms with Crippen LogP contribution in [0.4, 0.5) is 0 Å². The summed E-state index contributed by atoms with van der Waals surface area (Å²) in [5, 5.41) is 2.92. The van der Waals surface area contributed by atoms with Crippen molar-refractivity contribution in [2.24, 2.45) is 0 Å². The van der Waals surface area contributed by atoms with Gasteiger partial charge in [0.05, 0.1) is 5.02 Å². The van der Waals surface area contributed by atoms with Crippen molar-refractivity contribution in [2.45, 2.75) is 6.42 Å². The fourth-order valence-electron chi connectivity index (χ4n) is 1.38. The summed E-state index contributed by atoms with van der Waals surface area (Å²) in [7, 11) is 0. The van der Waals surface area contributed by atoms with Gasteiger partial charge in [0.25, 0.3) is 0 Å². The lowest BCUT2D eigenvalue weighted by Gasteiger charge is -2.02. The Labute approximate surface area is 108 Å². The van der Waals surface area contributed by atoms with Crippen LogP contribution in [-0.4, -0.2) is 5.78 Å². The number of hydrogen-bond acceptors (Lipinski definition) is 2. The highest BCUT2D eigenvalue weighted by Crippen LogP contribution is 2.23. The summed E-state index contributed by atoms with van der Waals surface area (Å²) >= 11 is 13.3. The summed E-state index contributed by atoms with van der Waals surface area (Å²) in [4.78, 5) is 13.0. The minimum absolute atomic E-state index is 0.00468. The first-order valence-electron chi connectivity index (χ1n) is 4.67. The first-order chi connectivity index (χ1) is 7.66. The summed E-state index contributed by atoms with van der Waals surface area (Å²) in [5.41, 5.74) is 0.488.